The van der Waals surface area contributed by atoms with Gasteiger partial charge >= 0.3 is 5.97 Å². The van der Waals surface area contributed by atoms with E-state index >= 15 is 0 Å². The minimum Gasteiger partial charge on any atom is -0.478 e. The molecule has 0 heterocycles. The highest BCUT2D eigenvalue weighted by Crippen LogP contribution is 2.16. The van der Waals surface area contributed by atoms with E-state index in [1.807, 2.05) is 0 Å². The van der Waals surface area contributed by atoms with Gasteiger partial charge in [0.25, 0.3) is 0 Å². The van der Waals surface area contributed by atoms with Crippen LogP contribution in [0.2, 0.25) is 0 Å². The summed E-state index contributed by atoms with van der Waals surface area (Å²) in [5, 5.41) is 8.86. The molecule has 0 radical (unpaired) electrons. The minimum absolute atomic E-state index is 0.146. The molecule has 0 aliphatic heterocycles. The smallest absolute Gasteiger partial charge is 0.345 e. The third kappa shape index (κ3) is 3.23. The van der Waals surface area contributed by atoms with E-state index < -0.39 is 12.1 Å². The van der Waals surface area contributed by atoms with E-state index in [2.05, 4.69) is 0 Å². The molecular formula is C11H13FO3. The van der Waals surface area contributed by atoms with Crippen LogP contribution in [0.15, 0.2) is 24.3 Å². The van der Waals surface area contributed by atoms with Gasteiger partial charge < -0.3 is 9.84 Å². The maximum absolute atomic E-state index is 12.6. The molecule has 0 aliphatic carbocycles. The highest BCUT2D eigenvalue weighted by atomic mass is 19.1. The van der Waals surface area contributed by atoms with Crippen molar-refractivity contribution in [2.75, 3.05) is 0 Å². The number of carboxylic acid groups (broad SMARTS) is 1. The standard InChI is InChI=1S/C11H13FO3/c1-7(2)10(11(13)14)15-9-5-3-8(12)4-6-9/h3-7,10H,1-2H3,(H,13,14). The molecule has 1 aromatic carbocycles. The highest BCUT2D eigenvalue weighted by molar-refractivity contribution is 5.73. The van der Waals surface area contributed by atoms with Gasteiger partial charge in [0.05, 0.1) is 0 Å². The van der Waals surface area contributed by atoms with Crippen LogP contribution in [-0.2, 0) is 4.79 Å². The van der Waals surface area contributed by atoms with E-state index in [0.29, 0.717) is 5.75 Å². The van der Waals surface area contributed by atoms with Gasteiger partial charge in [-0.2, -0.15) is 0 Å². The van der Waals surface area contributed by atoms with Crippen LogP contribution in [-0.4, -0.2) is 17.2 Å². The number of halogens is 1. The number of hydrogen-bond donors (Lipinski definition) is 1. The molecule has 1 unspecified atom stereocenters. The van der Waals surface area contributed by atoms with Crippen molar-refractivity contribution in [1.82, 2.24) is 0 Å². The van der Waals surface area contributed by atoms with Gasteiger partial charge in [0, 0.05) is 5.92 Å². The van der Waals surface area contributed by atoms with Crippen LogP contribution in [0.4, 0.5) is 4.39 Å². The monoisotopic (exact) mass is 212 g/mol. The summed E-state index contributed by atoms with van der Waals surface area (Å²) in [5.74, 6) is -1.18. The van der Waals surface area contributed by atoms with Gasteiger partial charge in [0.1, 0.15) is 11.6 Å². The van der Waals surface area contributed by atoms with Gasteiger partial charge in [-0.05, 0) is 24.3 Å². The number of benzene rings is 1. The van der Waals surface area contributed by atoms with Crippen molar-refractivity contribution in [3.63, 3.8) is 0 Å². The maximum Gasteiger partial charge on any atom is 0.345 e. The van der Waals surface area contributed by atoms with Crippen molar-refractivity contribution in [1.29, 1.82) is 0 Å². The first-order valence-electron chi connectivity index (χ1n) is 4.65. The number of aliphatic carboxylic acids is 1. The third-order valence-electron chi connectivity index (χ3n) is 1.93. The molecule has 4 heteroatoms. The zero-order chi connectivity index (χ0) is 11.4. The molecule has 1 aromatic rings. The summed E-state index contributed by atoms with van der Waals surface area (Å²) >= 11 is 0. The average molecular weight is 212 g/mol. The number of carbonyl (C=O) groups is 1. The summed E-state index contributed by atoms with van der Waals surface area (Å²) in [7, 11) is 0. The Bertz CT molecular complexity index is 332. The number of carboxylic acids is 1. The molecule has 0 fully saturated rings. The number of ether oxygens (including phenoxy) is 1. The van der Waals surface area contributed by atoms with E-state index in [0.717, 1.165) is 0 Å². The fraction of sp³-hybridized carbons (Fsp3) is 0.364. The SMILES string of the molecule is CC(C)C(Oc1ccc(F)cc1)C(=O)O. The van der Waals surface area contributed by atoms with E-state index in [9.17, 15) is 9.18 Å². The molecule has 1 N–H and O–H groups in total. The molecule has 1 rings (SSSR count). The summed E-state index contributed by atoms with van der Waals surface area (Å²) in [6, 6.07) is 5.28. The first-order valence-corrected chi connectivity index (χ1v) is 4.65. The normalized spacial score (nSPS) is 12.5. The molecule has 0 saturated carbocycles. The van der Waals surface area contributed by atoms with Gasteiger partial charge in [0.15, 0.2) is 6.10 Å². The lowest BCUT2D eigenvalue weighted by Crippen LogP contribution is -2.32. The predicted molar refractivity (Wildman–Crippen MR) is 53.3 cm³/mol. The lowest BCUT2D eigenvalue weighted by molar-refractivity contribution is -0.147. The van der Waals surface area contributed by atoms with E-state index in [1.165, 1.54) is 24.3 Å². The largest absolute Gasteiger partial charge is 0.478 e. The molecule has 0 bridgehead atoms. The topological polar surface area (TPSA) is 46.5 Å². The Morgan fingerprint density at radius 3 is 2.27 bits per heavy atom. The Morgan fingerprint density at radius 2 is 1.87 bits per heavy atom. The average Bonchev–Trinajstić information content (AvgIpc) is 2.15. The van der Waals surface area contributed by atoms with Crippen molar-refractivity contribution < 1.29 is 19.0 Å². The van der Waals surface area contributed by atoms with Crippen LogP contribution < -0.4 is 4.74 Å². The Morgan fingerprint density at radius 1 is 1.33 bits per heavy atom. The molecule has 3 nitrogen and oxygen atoms in total. The zero-order valence-corrected chi connectivity index (χ0v) is 8.61. The van der Waals surface area contributed by atoms with Crippen molar-refractivity contribution in [3.8, 4) is 5.75 Å². The second kappa shape index (κ2) is 4.77. The molecule has 82 valence electrons. The van der Waals surface area contributed by atoms with Gasteiger partial charge in [-0.1, -0.05) is 13.8 Å². The second-order valence-electron chi connectivity index (χ2n) is 3.57. The molecule has 0 spiro atoms. The Kier molecular flexibility index (Phi) is 3.66. The van der Waals surface area contributed by atoms with E-state index in [4.69, 9.17) is 9.84 Å². The van der Waals surface area contributed by atoms with Crippen LogP contribution in [0.3, 0.4) is 0 Å². The number of hydrogen-bond acceptors (Lipinski definition) is 2. The van der Waals surface area contributed by atoms with E-state index in [-0.39, 0.29) is 11.7 Å². The summed E-state index contributed by atoms with van der Waals surface area (Å²) in [6.45, 7) is 3.50. The van der Waals surface area contributed by atoms with Crippen molar-refractivity contribution in [2.45, 2.75) is 20.0 Å². The summed E-state index contributed by atoms with van der Waals surface area (Å²) < 4.78 is 17.8. The summed E-state index contributed by atoms with van der Waals surface area (Å²) in [4.78, 5) is 10.8. The lowest BCUT2D eigenvalue weighted by atomic mass is 10.1. The van der Waals surface area contributed by atoms with Crippen LogP contribution in [0, 0.1) is 11.7 Å². The third-order valence-corrected chi connectivity index (χ3v) is 1.93. The molecule has 15 heavy (non-hydrogen) atoms. The predicted octanol–water partition coefficient (Wildman–Crippen LogP) is 2.31. The molecule has 0 aromatic heterocycles. The molecule has 0 amide bonds. The van der Waals surface area contributed by atoms with Gasteiger partial charge in [0.2, 0.25) is 0 Å². The van der Waals surface area contributed by atoms with Crippen LogP contribution in [0.1, 0.15) is 13.8 Å². The Balaban J connectivity index is 2.74. The van der Waals surface area contributed by atoms with E-state index in [1.54, 1.807) is 13.8 Å². The fourth-order valence-electron chi connectivity index (χ4n) is 1.13. The first-order chi connectivity index (χ1) is 7.00. The first kappa shape index (κ1) is 11.5. The Labute approximate surface area is 87.5 Å². The van der Waals surface area contributed by atoms with Gasteiger partial charge in [-0.3, -0.25) is 0 Å². The van der Waals surface area contributed by atoms with Crippen LogP contribution in [0.5, 0.6) is 5.75 Å². The Hall–Kier alpha value is -1.58. The fourth-order valence-corrected chi connectivity index (χ4v) is 1.13. The van der Waals surface area contributed by atoms with Gasteiger partial charge in [-0.15, -0.1) is 0 Å². The van der Waals surface area contributed by atoms with Crippen LogP contribution >= 0.6 is 0 Å². The maximum atomic E-state index is 12.6. The number of rotatable bonds is 4. The van der Waals surface area contributed by atoms with Gasteiger partial charge in [-0.25, -0.2) is 9.18 Å². The molecule has 0 aliphatic rings. The molecule has 0 saturated heterocycles. The summed E-state index contributed by atoms with van der Waals surface area (Å²) in [6.07, 6.45) is -0.907. The lowest BCUT2D eigenvalue weighted by Gasteiger charge is -2.18. The zero-order valence-electron chi connectivity index (χ0n) is 8.61. The molecule has 1 atom stereocenters. The van der Waals surface area contributed by atoms with Crippen LogP contribution in [0.25, 0.3) is 0 Å². The highest BCUT2D eigenvalue weighted by Gasteiger charge is 2.23. The van der Waals surface area contributed by atoms with Crippen molar-refractivity contribution in [2.24, 2.45) is 5.92 Å². The second-order valence-corrected chi connectivity index (χ2v) is 3.57. The van der Waals surface area contributed by atoms with Crippen molar-refractivity contribution in [3.05, 3.63) is 30.1 Å². The quantitative estimate of drug-likeness (QED) is 0.833. The van der Waals surface area contributed by atoms with Crippen molar-refractivity contribution >= 4 is 5.97 Å². The summed E-state index contributed by atoms with van der Waals surface area (Å²) in [5.41, 5.74) is 0. The minimum atomic E-state index is -1.02. The molecular weight excluding hydrogens is 199 g/mol.